The first kappa shape index (κ1) is 18.5. The molecular formula is C18H23N3O4. The molecule has 0 bridgehead atoms. The molecule has 0 unspecified atom stereocenters. The first-order valence-corrected chi connectivity index (χ1v) is 8.02. The van der Waals surface area contributed by atoms with Crippen LogP contribution >= 0.6 is 0 Å². The number of carbonyl (C=O) groups is 2. The molecule has 7 heteroatoms. The molecule has 0 fully saturated rings. The third kappa shape index (κ3) is 4.37. The van der Waals surface area contributed by atoms with Crippen LogP contribution in [0.25, 0.3) is 0 Å². The van der Waals surface area contributed by atoms with E-state index in [-0.39, 0.29) is 24.3 Å². The molecule has 2 N–H and O–H groups in total. The molecule has 2 amide bonds. The van der Waals surface area contributed by atoms with E-state index in [2.05, 4.69) is 15.8 Å². The van der Waals surface area contributed by atoms with Crippen molar-refractivity contribution in [2.24, 2.45) is 0 Å². The summed E-state index contributed by atoms with van der Waals surface area (Å²) in [5.41, 5.74) is 2.44. The molecule has 0 aliphatic heterocycles. The molecule has 0 spiro atoms. The van der Waals surface area contributed by atoms with Crippen molar-refractivity contribution in [3.8, 4) is 5.75 Å². The van der Waals surface area contributed by atoms with E-state index < -0.39 is 0 Å². The quantitative estimate of drug-likeness (QED) is 0.840. The van der Waals surface area contributed by atoms with Crippen molar-refractivity contribution >= 4 is 17.5 Å². The summed E-state index contributed by atoms with van der Waals surface area (Å²) in [7, 11) is 1.53. The minimum atomic E-state index is -0.381. The summed E-state index contributed by atoms with van der Waals surface area (Å²) < 4.78 is 10.4. The SMILES string of the molecule is COc1ccc(C)cc1NC(=O)CNC(=O)c1c(C)noc1C(C)C. The van der Waals surface area contributed by atoms with E-state index in [4.69, 9.17) is 9.26 Å². The van der Waals surface area contributed by atoms with Crippen molar-refractivity contribution in [2.45, 2.75) is 33.6 Å². The number of anilines is 1. The molecule has 2 aromatic rings. The number of amides is 2. The maximum Gasteiger partial charge on any atom is 0.257 e. The minimum absolute atomic E-state index is 0.0207. The lowest BCUT2D eigenvalue weighted by Crippen LogP contribution is -2.33. The second kappa shape index (κ2) is 7.83. The molecule has 2 rings (SSSR count). The predicted octanol–water partition coefficient (Wildman–Crippen LogP) is 2.79. The monoisotopic (exact) mass is 345 g/mol. The van der Waals surface area contributed by atoms with Crippen molar-refractivity contribution in [2.75, 3.05) is 19.0 Å². The Morgan fingerprint density at radius 1 is 1.28 bits per heavy atom. The van der Waals surface area contributed by atoms with Crippen LogP contribution in [0.2, 0.25) is 0 Å². The zero-order valence-electron chi connectivity index (χ0n) is 15.1. The van der Waals surface area contributed by atoms with Crippen LogP contribution in [-0.2, 0) is 4.79 Å². The number of nitrogens with zero attached hydrogens (tertiary/aromatic N) is 1. The highest BCUT2D eigenvalue weighted by Crippen LogP contribution is 2.25. The number of hydrogen-bond acceptors (Lipinski definition) is 5. The number of carbonyl (C=O) groups excluding carboxylic acids is 2. The standard InChI is InChI=1S/C18H23N3O4/c1-10(2)17-16(12(4)21-25-17)18(23)19-9-15(22)20-13-8-11(3)6-7-14(13)24-5/h6-8,10H,9H2,1-5H3,(H,19,23)(H,20,22). The summed E-state index contributed by atoms with van der Waals surface area (Å²) in [5.74, 6) is 0.358. The Hall–Kier alpha value is -2.83. The molecule has 0 aliphatic rings. The van der Waals surface area contributed by atoms with Gasteiger partial charge < -0.3 is 19.9 Å². The molecular weight excluding hydrogens is 322 g/mol. The number of aromatic nitrogens is 1. The summed E-state index contributed by atoms with van der Waals surface area (Å²) in [5, 5.41) is 9.17. The number of ether oxygens (including phenoxy) is 1. The fourth-order valence-corrected chi connectivity index (χ4v) is 2.42. The number of benzene rings is 1. The highest BCUT2D eigenvalue weighted by Gasteiger charge is 2.22. The van der Waals surface area contributed by atoms with Crippen LogP contribution in [0.1, 0.15) is 47.1 Å². The molecule has 1 heterocycles. The molecule has 0 saturated heterocycles. The van der Waals surface area contributed by atoms with Crippen molar-refractivity contribution in [1.82, 2.24) is 10.5 Å². The average Bonchev–Trinajstić information content (AvgIpc) is 2.95. The van der Waals surface area contributed by atoms with Gasteiger partial charge in [0.1, 0.15) is 11.3 Å². The van der Waals surface area contributed by atoms with Gasteiger partial charge in [-0.05, 0) is 31.5 Å². The van der Waals surface area contributed by atoms with Crippen LogP contribution in [0, 0.1) is 13.8 Å². The minimum Gasteiger partial charge on any atom is -0.495 e. The Bertz CT molecular complexity index is 781. The molecule has 0 atom stereocenters. The lowest BCUT2D eigenvalue weighted by atomic mass is 10.0. The van der Waals surface area contributed by atoms with Crippen LogP contribution in [0.3, 0.4) is 0 Å². The fraction of sp³-hybridized carbons (Fsp3) is 0.389. The first-order valence-electron chi connectivity index (χ1n) is 8.02. The van der Waals surface area contributed by atoms with E-state index in [1.54, 1.807) is 19.1 Å². The molecule has 0 aliphatic carbocycles. The Kier molecular flexibility index (Phi) is 5.80. The van der Waals surface area contributed by atoms with Crippen LogP contribution < -0.4 is 15.4 Å². The molecule has 0 saturated carbocycles. The summed E-state index contributed by atoms with van der Waals surface area (Å²) in [6.07, 6.45) is 0. The Labute approximate surface area is 146 Å². The number of hydrogen-bond donors (Lipinski definition) is 2. The van der Waals surface area contributed by atoms with Gasteiger partial charge >= 0.3 is 0 Å². The smallest absolute Gasteiger partial charge is 0.257 e. The van der Waals surface area contributed by atoms with Gasteiger partial charge in [0.05, 0.1) is 25.0 Å². The molecule has 0 radical (unpaired) electrons. The van der Waals surface area contributed by atoms with Crippen LogP contribution in [0.5, 0.6) is 5.75 Å². The number of methoxy groups -OCH3 is 1. The molecule has 134 valence electrons. The van der Waals surface area contributed by atoms with Crippen molar-refractivity contribution in [1.29, 1.82) is 0 Å². The summed E-state index contributed by atoms with van der Waals surface area (Å²) in [4.78, 5) is 24.5. The predicted molar refractivity (Wildman–Crippen MR) is 94.0 cm³/mol. The number of nitrogens with one attached hydrogen (secondary N) is 2. The zero-order valence-corrected chi connectivity index (χ0v) is 15.1. The van der Waals surface area contributed by atoms with E-state index in [9.17, 15) is 9.59 Å². The van der Waals surface area contributed by atoms with E-state index in [1.165, 1.54) is 7.11 Å². The van der Waals surface area contributed by atoms with Gasteiger partial charge in [-0.2, -0.15) is 0 Å². The Morgan fingerprint density at radius 3 is 2.64 bits per heavy atom. The van der Waals surface area contributed by atoms with E-state index in [0.29, 0.717) is 28.5 Å². The average molecular weight is 345 g/mol. The van der Waals surface area contributed by atoms with Gasteiger partial charge in [0.15, 0.2) is 5.76 Å². The molecule has 1 aromatic heterocycles. The van der Waals surface area contributed by atoms with Crippen molar-refractivity contribution in [3.05, 3.63) is 40.8 Å². The third-order valence-electron chi connectivity index (χ3n) is 3.68. The van der Waals surface area contributed by atoms with Gasteiger partial charge in [-0.15, -0.1) is 0 Å². The highest BCUT2D eigenvalue weighted by molar-refractivity contribution is 6.00. The van der Waals surface area contributed by atoms with Crippen molar-refractivity contribution < 1.29 is 18.8 Å². The largest absolute Gasteiger partial charge is 0.495 e. The van der Waals surface area contributed by atoms with Crippen LogP contribution in [0.15, 0.2) is 22.7 Å². The van der Waals surface area contributed by atoms with Gasteiger partial charge in [-0.25, -0.2) is 0 Å². The molecule has 1 aromatic carbocycles. The van der Waals surface area contributed by atoms with Gasteiger partial charge in [-0.3, -0.25) is 9.59 Å². The maximum atomic E-state index is 12.4. The summed E-state index contributed by atoms with van der Waals surface area (Å²) >= 11 is 0. The van der Waals surface area contributed by atoms with Crippen LogP contribution in [0.4, 0.5) is 5.69 Å². The van der Waals surface area contributed by atoms with Gasteiger partial charge in [0.2, 0.25) is 5.91 Å². The Morgan fingerprint density at radius 2 is 2.00 bits per heavy atom. The number of rotatable bonds is 6. The first-order chi connectivity index (χ1) is 11.8. The van der Waals surface area contributed by atoms with Gasteiger partial charge in [0, 0.05) is 5.92 Å². The fourth-order valence-electron chi connectivity index (χ4n) is 2.42. The topological polar surface area (TPSA) is 93.5 Å². The molecule has 7 nitrogen and oxygen atoms in total. The van der Waals surface area contributed by atoms with Gasteiger partial charge in [0.25, 0.3) is 5.91 Å². The van der Waals surface area contributed by atoms with Gasteiger partial charge in [-0.1, -0.05) is 25.1 Å². The highest BCUT2D eigenvalue weighted by atomic mass is 16.5. The molecule has 25 heavy (non-hydrogen) atoms. The summed E-state index contributed by atoms with van der Waals surface area (Å²) in [6, 6.07) is 5.47. The third-order valence-corrected chi connectivity index (χ3v) is 3.68. The maximum absolute atomic E-state index is 12.4. The van der Waals surface area contributed by atoms with E-state index in [1.807, 2.05) is 26.8 Å². The second-order valence-electron chi connectivity index (χ2n) is 6.10. The second-order valence-corrected chi connectivity index (χ2v) is 6.10. The number of aryl methyl sites for hydroxylation is 2. The lowest BCUT2D eigenvalue weighted by molar-refractivity contribution is -0.115. The van der Waals surface area contributed by atoms with E-state index in [0.717, 1.165) is 5.56 Å². The normalized spacial score (nSPS) is 10.6. The zero-order chi connectivity index (χ0) is 18.6. The summed E-state index contributed by atoms with van der Waals surface area (Å²) in [6.45, 7) is 7.26. The Balaban J connectivity index is 2.02. The van der Waals surface area contributed by atoms with E-state index >= 15 is 0 Å². The van der Waals surface area contributed by atoms with Crippen LogP contribution in [-0.4, -0.2) is 30.6 Å². The van der Waals surface area contributed by atoms with Crippen molar-refractivity contribution in [3.63, 3.8) is 0 Å². The lowest BCUT2D eigenvalue weighted by Gasteiger charge is -2.11.